The van der Waals surface area contributed by atoms with E-state index in [4.69, 9.17) is 0 Å². The molecule has 0 spiro atoms. The number of nitrogens with zero attached hydrogens (tertiary/aromatic N) is 1. The third kappa shape index (κ3) is 3.12. The summed E-state index contributed by atoms with van der Waals surface area (Å²) >= 11 is 0. The third-order valence-electron chi connectivity index (χ3n) is 2.82. The summed E-state index contributed by atoms with van der Waals surface area (Å²) < 4.78 is 0. The van der Waals surface area contributed by atoms with Gasteiger partial charge in [-0.15, -0.1) is 0 Å². The van der Waals surface area contributed by atoms with Gasteiger partial charge in [0.2, 0.25) is 0 Å². The summed E-state index contributed by atoms with van der Waals surface area (Å²) in [5.74, 6) is 0.123. The molecule has 1 aromatic rings. The standard InChI is InChI=1S/C13H19NO3/c1-4-5-10(3)14(13(16)17)11-7-6-9(2)12(15)8-11/h6-8,10,15H,4-5H2,1-3H3,(H,16,17)/t10-/m1/s1. The van der Waals surface area contributed by atoms with E-state index < -0.39 is 6.09 Å². The zero-order valence-electron chi connectivity index (χ0n) is 10.5. The van der Waals surface area contributed by atoms with E-state index in [0.29, 0.717) is 5.69 Å². The Bertz CT molecular complexity index is 404. The Kier molecular flexibility index (Phi) is 4.37. The van der Waals surface area contributed by atoms with Crippen molar-refractivity contribution in [1.82, 2.24) is 0 Å². The molecule has 0 aromatic heterocycles. The number of benzene rings is 1. The minimum absolute atomic E-state index is 0.0976. The van der Waals surface area contributed by atoms with Gasteiger partial charge in [0.1, 0.15) is 5.75 Å². The molecule has 0 saturated heterocycles. The molecule has 0 unspecified atom stereocenters. The maximum atomic E-state index is 11.3. The smallest absolute Gasteiger partial charge is 0.412 e. The van der Waals surface area contributed by atoms with Crippen molar-refractivity contribution >= 4 is 11.8 Å². The Labute approximate surface area is 101 Å². The van der Waals surface area contributed by atoms with Crippen LogP contribution in [0.2, 0.25) is 0 Å². The molecule has 1 aromatic carbocycles. The predicted molar refractivity (Wildman–Crippen MR) is 67.7 cm³/mol. The second kappa shape index (κ2) is 5.57. The number of aryl methyl sites for hydroxylation is 1. The Morgan fingerprint density at radius 3 is 2.59 bits per heavy atom. The number of hydrogen-bond acceptors (Lipinski definition) is 2. The molecule has 0 aliphatic carbocycles. The van der Waals surface area contributed by atoms with E-state index in [2.05, 4.69) is 0 Å². The van der Waals surface area contributed by atoms with Crippen LogP contribution in [0.4, 0.5) is 10.5 Å². The molecular weight excluding hydrogens is 218 g/mol. The van der Waals surface area contributed by atoms with E-state index in [9.17, 15) is 15.0 Å². The van der Waals surface area contributed by atoms with Crippen molar-refractivity contribution in [2.45, 2.75) is 39.7 Å². The van der Waals surface area contributed by atoms with Gasteiger partial charge in [0.05, 0.1) is 5.69 Å². The summed E-state index contributed by atoms with van der Waals surface area (Å²) in [6, 6.07) is 4.84. The number of hydrogen-bond donors (Lipinski definition) is 2. The van der Waals surface area contributed by atoms with Crippen LogP contribution >= 0.6 is 0 Å². The lowest BCUT2D eigenvalue weighted by Gasteiger charge is -2.26. The van der Waals surface area contributed by atoms with Gasteiger partial charge in [0, 0.05) is 12.1 Å². The first kappa shape index (κ1) is 13.4. The molecule has 2 N–H and O–H groups in total. The fraction of sp³-hybridized carbons (Fsp3) is 0.462. The molecule has 0 bridgehead atoms. The molecule has 0 fully saturated rings. The lowest BCUT2D eigenvalue weighted by atomic mass is 10.1. The first-order valence-corrected chi connectivity index (χ1v) is 5.79. The van der Waals surface area contributed by atoms with E-state index in [1.165, 1.54) is 11.0 Å². The summed E-state index contributed by atoms with van der Waals surface area (Å²) in [6.07, 6.45) is 0.721. The summed E-state index contributed by atoms with van der Waals surface area (Å²) in [6.45, 7) is 5.66. The van der Waals surface area contributed by atoms with Gasteiger partial charge in [0.15, 0.2) is 0 Å². The molecule has 1 atom stereocenters. The SMILES string of the molecule is CCC[C@@H](C)N(C(=O)O)c1ccc(C)c(O)c1. The van der Waals surface area contributed by atoms with Gasteiger partial charge < -0.3 is 10.2 Å². The zero-order chi connectivity index (χ0) is 13.0. The number of carboxylic acid groups (broad SMARTS) is 1. The van der Waals surface area contributed by atoms with E-state index in [1.54, 1.807) is 19.1 Å². The molecule has 0 heterocycles. The minimum Gasteiger partial charge on any atom is -0.508 e. The van der Waals surface area contributed by atoms with Crippen LogP contribution in [0.25, 0.3) is 0 Å². The van der Waals surface area contributed by atoms with Crippen molar-refractivity contribution in [2.75, 3.05) is 4.90 Å². The number of phenols is 1. The molecule has 0 saturated carbocycles. The van der Waals surface area contributed by atoms with Crippen molar-refractivity contribution in [1.29, 1.82) is 0 Å². The number of amides is 1. The number of carbonyl (C=O) groups is 1. The summed E-state index contributed by atoms with van der Waals surface area (Å²) in [5, 5.41) is 18.9. The van der Waals surface area contributed by atoms with Crippen molar-refractivity contribution in [2.24, 2.45) is 0 Å². The van der Waals surface area contributed by atoms with Gasteiger partial charge >= 0.3 is 6.09 Å². The highest BCUT2D eigenvalue weighted by atomic mass is 16.4. The maximum absolute atomic E-state index is 11.3. The van der Waals surface area contributed by atoms with Gasteiger partial charge in [-0.1, -0.05) is 19.4 Å². The maximum Gasteiger partial charge on any atom is 0.412 e. The molecule has 0 aliphatic rings. The fourth-order valence-electron chi connectivity index (χ4n) is 1.85. The highest BCUT2D eigenvalue weighted by molar-refractivity contribution is 5.87. The highest BCUT2D eigenvalue weighted by Gasteiger charge is 2.21. The molecule has 94 valence electrons. The minimum atomic E-state index is -0.991. The zero-order valence-corrected chi connectivity index (χ0v) is 10.5. The average molecular weight is 237 g/mol. The first-order valence-electron chi connectivity index (χ1n) is 5.79. The van der Waals surface area contributed by atoms with Gasteiger partial charge in [-0.05, 0) is 31.9 Å². The normalized spacial score (nSPS) is 12.2. The Morgan fingerprint density at radius 2 is 2.12 bits per heavy atom. The molecular formula is C13H19NO3. The van der Waals surface area contributed by atoms with E-state index in [0.717, 1.165) is 18.4 Å². The van der Waals surface area contributed by atoms with E-state index >= 15 is 0 Å². The van der Waals surface area contributed by atoms with Crippen molar-refractivity contribution in [3.63, 3.8) is 0 Å². The molecule has 0 radical (unpaired) electrons. The Morgan fingerprint density at radius 1 is 1.47 bits per heavy atom. The number of aromatic hydroxyl groups is 1. The quantitative estimate of drug-likeness (QED) is 0.844. The van der Waals surface area contributed by atoms with Gasteiger partial charge in [-0.2, -0.15) is 0 Å². The number of anilines is 1. The molecule has 4 heteroatoms. The second-order valence-electron chi connectivity index (χ2n) is 4.26. The Balaban J connectivity index is 3.05. The van der Waals surface area contributed by atoms with E-state index in [-0.39, 0.29) is 11.8 Å². The summed E-state index contributed by atoms with van der Waals surface area (Å²) in [5.41, 5.74) is 1.25. The molecule has 1 amide bonds. The topological polar surface area (TPSA) is 60.8 Å². The van der Waals surface area contributed by atoms with Gasteiger partial charge in [-0.3, -0.25) is 4.90 Å². The second-order valence-corrected chi connectivity index (χ2v) is 4.26. The summed E-state index contributed by atoms with van der Waals surface area (Å²) in [4.78, 5) is 12.6. The van der Waals surface area contributed by atoms with Gasteiger partial charge in [0.25, 0.3) is 0 Å². The molecule has 1 rings (SSSR count). The highest BCUT2D eigenvalue weighted by Crippen LogP contribution is 2.26. The van der Waals surface area contributed by atoms with Crippen molar-refractivity contribution in [3.8, 4) is 5.75 Å². The van der Waals surface area contributed by atoms with Crippen LogP contribution in [-0.2, 0) is 0 Å². The van der Waals surface area contributed by atoms with Crippen molar-refractivity contribution in [3.05, 3.63) is 23.8 Å². The number of rotatable bonds is 4. The molecule has 17 heavy (non-hydrogen) atoms. The van der Waals surface area contributed by atoms with Crippen LogP contribution in [0.5, 0.6) is 5.75 Å². The Hall–Kier alpha value is -1.71. The fourth-order valence-corrected chi connectivity index (χ4v) is 1.85. The van der Waals surface area contributed by atoms with Gasteiger partial charge in [-0.25, -0.2) is 4.79 Å². The largest absolute Gasteiger partial charge is 0.508 e. The van der Waals surface area contributed by atoms with Crippen LogP contribution in [0, 0.1) is 6.92 Å². The third-order valence-corrected chi connectivity index (χ3v) is 2.82. The lowest BCUT2D eigenvalue weighted by Crippen LogP contribution is -2.37. The number of phenolic OH excluding ortho intramolecular Hbond substituents is 1. The molecule has 4 nitrogen and oxygen atoms in total. The van der Waals surface area contributed by atoms with Crippen LogP contribution in [-0.4, -0.2) is 22.3 Å². The van der Waals surface area contributed by atoms with Crippen LogP contribution < -0.4 is 4.90 Å². The van der Waals surface area contributed by atoms with Crippen molar-refractivity contribution < 1.29 is 15.0 Å². The van der Waals surface area contributed by atoms with Crippen LogP contribution in [0.1, 0.15) is 32.3 Å². The lowest BCUT2D eigenvalue weighted by molar-refractivity contribution is 0.199. The van der Waals surface area contributed by atoms with Crippen LogP contribution in [0.15, 0.2) is 18.2 Å². The monoisotopic (exact) mass is 237 g/mol. The molecule has 0 aliphatic heterocycles. The summed E-state index contributed by atoms with van der Waals surface area (Å²) in [7, 11) is 0. The van der Waals surface area contributed by atoms with Crippen LogP contribution in [0.3, 0.4) is 0 Å². The average Bonchev–Trinajstić information content (AvgIpc) is 2.23. The first-order chi connectivity index (χ1) is 7.97. The van der Waals surface area contributed by atoms with E-state index in [1.807, 2.05) is 13.8 Å². The predicted octanol–water partition coefficient (Wildman–Crippen LogP) is 3.37.